The minimum Gasteiger partial charge on any atom is -0.343 e. The highest BCUT2D eigenvalue weighted by atomic mass is 15.0. The molecule has 3 rings (SSSR count). The summed E-state index contributed by atoms with van der Waals surface area (Å²) in [6.45, 7) is 2.02. The van der Waals surface area contributed by atoms with Gasteiger partial charge in [0.05, 0.1) is 11.8 Å². The number of aromatic amines is 2. The lowest BCUT2D eigenvalue weighted by Crippen LogP contribution is -2.23. The molecule has 1 aliphatic rings. The number of hydrogen-bond donors (Lipinski definition) is 3. The molecular weight excluding hydrogens is 152 g/mol. The van der Waals surface area contributed by atoms with Crippen molar-refractivity contribution in [3.8, 4) is 0 Å². The molecule has 0 unspecified atom stereocenters. The molecule has 0 saturated heterocycles. The third-order valence-electron chi connectivity index (χ3n) is 2.43. The monoisotopic (exact) mass is 162 g/mol. The van der Waals surface area contributed by atoms with Gasteiger partial charge in [-0.25, -0.2) is 4.98 Å². The summed E-state index contributed by atoms with van der Waals surface area (Å²) in [7, 11) is 0. The Bertz CT molecular complexity index is 412. The van der Waals surface area contributed by atoms with Gasteiger partial charge in [0.2, 0.25) is 0 Å². The zero-order valence-corrected chi connectivity index (χ0v) is 6.65. The third kappa shape index (κ3) is 0.674. The average Bonchev–Trinajstić information content (AvgIpc) is 2.62. The Morgan fingerprint density at radius 1 is 1.42 bits per heavy atom. The molecule has 4 heteroatoms. The van der Waals surface area contributed by atoms with Crippen LogP contribution in [0.1, 0.15) is 11.3 Å². The van der Waals surface area contributed by atoms with Crippen molar-refractivity contribution in [2.75, 3.05) is 6.54 Å². The Morgan fingerprint density at radius 2 is 2.42 bits per heavy atom. The molecule has 0 radical (unpaired) electrons. The van der Waals surface area contributed by atoms with E-state index in [0.29, 0.717) is 0 Å². The maximum absolute atomic E-state index is 4.18. The molecule has 0 bridgehead atoms. The number of H-pyrrole nitrogens is 2. The van der Waals surface area contributed by atoms with Crippen LogP contribution in [0, 0.1) is 0 Å². The summed E-state index contributed by atoms with van der Waals surface area (Å²) in [5, 5.41) is 3.34. The smallest absolute Gasteiger partial charge is 0.156 e. The molecule has 4 nitrogen and oxygen atoms in total. The normalized spacial score (nSPS) is 16.7. The summed E-state index contributed by atoms with van der Waals surface area (Å²) in [6, 6.07) is 0. The summed E-state index contributed by atoms with van der Waals surface area (Å²) >= 11 is 0. The van der Waals surface area contributed by atoms with Gasteiger partial charge in [-0.05, 0) is 0 Å². The van der Waals surface area contributed by atoms with Crippen molar-refractivity contribution in [3.63, 3.8) is 0 Å². The Hall–Kier alpha value is -1.29. The van der Waals surface area contributed by atoms with E-state index < -0.39 is 0 Å². The van der Waals surface area contributed by atoms with E-state index in [9.17, 15) is 0 Å². The van der Waals surface area contributed by atoms with Gasteiger partial charge in [-0.2, -0.15) is 0 Å². The Kier molecular flexibility index (Phi) is 1.10. The minimum absolute atomic E-state index is 0.956. The van der Waals surface area contributed by atoms with Crippen LogP contribution in [-0.4, -0.2) is 21.5 Å². The molecule has 0 atom stereocenters. The Balaban J connectivity index is 2.34. The highest BCUT2D eigenvalue weighted by Gasteiger charge is 2.15. The van der Waals surface area contributed by atoms with Gasteiger partial charge in [-0.15, -0.1) is 0 Å². The van der Waals surface area contributed by atoms with Crippen molar-refractivity contribution < 1.29 is 0 Å². The van der Waals surface area contributed by atoms with Crippen LogP contribution in [-0.2, 0) is 13.0 Å². The first-order valence-corrected chi connectivity index (χ1v) is 4.18. The van der Waals surface area contributed by atoms with Crippen LogP contribution in [0.25, 0.3) is 11.2 Å². The lowest BCUT2D eigenvalue weighted by Gasteiger charge is -2.11. The lowest BCUT2D eigenvalue weighted by molar-refractivity contribution is 0.640. The van der Waals surface area contributed by atoms with Crippen molar-refractivity contribution in [2.24, 2.45) is 0 Å². The van der Waals surface area contributed by atoms with Crippen molar-refractivity contribution >= 4 is 11.2 Å². The highest BCUT2D eigenvalue weighted by Crippen LogP contribution is 2.21. The minimum atomic E-state index is 0.956. The molecule has 2 aromatic heterocycles. The lowest BCUT2D eigenvalue weighted by atomic mass is 10.1. The summed E-state index contributed by atoms with van der Waals surface area (Å²) in [5.41, 5.74) is 4.85. The van der Waals surface area contributed by atoms with Gasteiger partial charge in [0.1, 0.15) is 0 Å². The van der Waals surface area contributed by atoms with Gasteiger partial charge in [0, 0.05) is 30.8 Å². The summed E-state index contributed by atoms with van der Waals surface area (Å²) in [4.78, 5) is 10.6. The Morgan fingerprint density at radius 3 is 3.42 bits per heavy atom. The fourth-order valence-electron chi connectivity index (χ4n) is 1.82. The summed E-state index contributed by atoms with van der Waals surface area (Å²) in [5.74, 6) is 0. The predicted octanol–water partition coefficient (Wildman–Crippen LogP) is 0.537. The number of fused-ring (bicyclic) bond motifs is 3. The number of rotatable bonds is 0. The number of nitrogens with zero attached hydrogens (tertiary/aromatic N) is 1. The number of imidazole rings is 1. The fraction of sp³-hybridized carbons (Fsp3) is 0.375. The van der Waals surface area contributed by atoms with Crippen molar-refractivity contribution in [1.82, 2.24) is 20.3 Å². The van der Waals surface area contributed by atoms with Gasteiger partial charge in [0.25, 0.3) is 0 Å². The SMILES string of the molecule is c1nc2[nH]c3c(c2[nH]1)CNCC3. The highest BCUT2D eigenvalue weighted by molar-refractivity contribution is 5.77. The van der Waals surface area contributed by atoms with Gasteiger partial charge in [0.15, 0.2) is 5.65 Å². The first-order chi connectivity index (χ1) is 5.95. The van der Waals surface area contributed by atoms with Crippen molar-refractivity contribution in [2.45, 2.75) is 13.0 Å². The largest absolute Gasteiger partial charge is 0.343 e. The van der Waals surface area contributed by atoms with E-state index in [1.54, 1.807) is 6.33 Å². The molecule has 1 aliphatic heterocycles. The zero-order chi connectivity index (χ0) is 7.97. The molecule has 2 aromatic rings. The number of hydrogen-bond acceptors (Lipinski definition) is 2. The Labute approximate surface area is 69.4 Å². The molecule has 0 fully saturated rings. The maximum atomic E-state index is 4.18. The van der Waals surface area contributed by atoms with Crippen LogP contribution < -0.4 is 5.32 Å². The van der Waals surface area contributed by atoms with Gasteiger partial charge in [-0.1, -0.05) is 0 Å². The van der Waals surface area contributed by atoms with Crippen LogP contribution in [0.5, 0.6) is 0 Å². The number of aromatic nitrogens is 3. The topological polar surface area (TPSA) is 56.5 Å². The second-order valence-corrected chi connectivity index (χ2v) is 3.14. The van der Waals surface area contributed by atoms with Gasteiger partial charge in [-0.3, -0.25) is 0 Å². The van der Waals surface area contributed by atoms with E-state index in [0.717, 1.165) is 30.7 Å². The fourth-order valence-corrected chi connectivity index (χ4v) is 1.82. The van der Waals surface area contributed by atoms with Gasteiger partial charge >= 0.3 is 0 Å². The molecule has 12 heavy (non-hydrogen) atoms. The number of nitrogens with one attached hydrogen (secondary N) is 3. The molecular formula is C8H10N4. The van der Waals surface area contributed by atoms with E-state index in [2.05, 4.69) is 20.3 Å². The van der Waals surface area contributed by atoms with E-state index >= 15 is 0 Å². The molecule has 0 amide bonds. The van der Waals surface area contributed by atoms with Crippen molar-refractivity contribution in [1.29, 1.82) is 0 Å². The van der Waals surface area contributed by atoms with E-state index in [1.165, 1.54) is 11.3 Å². The summed E-state index contributed by atoms with van der Waals surface area (Å²) in [6.07, 6.45) is 2.82. The molecule has 0 spiro atoms. The molecule has 62 valence electrons. The van der Waals surface area contributed by atoms with E-state index in [-0.39, 0.29) is 0 Å². The second kappa shape index (κ2) is 2.10. The average molecular weight is 162 g/mol. The van der Waals surface area contributed by atoms with Crippen LogP contribution in [0.15, 0.2) is 6.33 Å². The van der Waals surface area contributed by atoms with E-state index in [4.69, 9.17) is 0 Å². The predicted molar refractivity (Wildman–Crippen MR) is 45.9 cm³/mol. The molecule has 3 N–H and O–H groups in total. The standard InChI is InChI=1S/C8H10N4/c1-2-9-3-5-6(1)12-8-7(5)10-4-11-8/h4,9,12H,1-3H2,(H,10,11). The molecule has 0 saturated carbocycles. The first-order valence-electron chi connectivity index (χ1n) is 4.18. The summed E-state index contributed by atoms with van der Waals surface area (Å²) < 4.78 is 0. The van der Waals surface area contributed by atoms with Crippen LogP contribution >= 0.6 is 0 Å². The maximum Gasteiger partial charge on any atom is 0.156 e. The van der Waals surface area contributed by atoms with Crippen LogP contribution in [0.3, 0.4) is 0 Å². The second-order valence-electron chi connectivity index (χ2n) is 3.14. The molecule has 0 aromatic carbocycles. The van der Waals surface area contributed by atoms with Crippen molar-refractivity contribution in [3.05, 3.63) is 17.6 Å². The molecule has 3 heterocycles. The third-order valence-corrected chi connectivity index (χ3v) is 2.43. The van der Waals surface area contributed by atoms with Gasteiger partial charge < -0.3 is 15.3 Å². The molecule has 0 aliphatic carbocycles. The first kappa shape index (κ1) is 6.25. The van der Waals surface area contributed by atoms with E-state index in [1.807, 2.05) is 0 Å². The zero-order valence-electron chi connectivity index (χ0n) is 6.65. The quantitative estimate of drug-likeness (QED) is 0.529. The van der Waals surface area contributed by atoms with Crippen LogP contribution in [0.2, 0.25) is 0 Å². The van der Waals surface area contributed by atoms with Crippen LogP contribution in [0.4, 0.5) is 0 Å².